The third-order valence-electron chi connectivity index (χ3n) is 2.83. The van der Waals surface area contributed by atoms with Gasteiger partial charge in [-0.1, -0.05) is 18.2 Å². The highest BCUT2D eigenvalue weighted by Crippen LogP contribution is 2.25. The number of nitrogens with two attached hydrogens (primary N) is 1. The molecule has 3 nitrogen and oxygen atoms in total. The van der Waals surface area contributed by atoms with Crippen LogP contribution in [0.3, 0.4) is 0 Å². The van der Waals surface area contributed by atoms with Gasteiger partial charge in [-0.2, -0.15) is 0 Å². The van der Waals surface area contributed by atoms with Gasteiger partial charge >= 0.3 is 0 Å². The highest BCUT2D eigenvalue weighted by Gasteiger charge is 2.03. The molecular weight excluding hydrogens is 241 g/mol. The number of aromatic nitrogens is 1. The summed E-state index contributed by atoms with van der Waals surface area (Å²) in [5, 5.41) is 4.17. The summed E-state index contributed by atoms with van der Waals surface area (Å²) in [6.07, 6.45) is 1.73. The maximum absolute atomic E-state index is 13.3. The minimum absolute atomic E-state index is 0.365. The number of pyridine rings is 1. The smallest absolute Gasteiger partial charge is 0.127 e. The lowest BCUT2D eigenvalue weighted by Crippen LogP contribution is -1.95. The first-order valence-corrected chi connectivity index (χ1v) is 5.89. The first-order chi connectivity index (χ1) is 9.22. The summed E-state index contributed by atoms with van der Waals surface area (Å²) in [4.78, 5) is 4.33. The minimum atomic E-state index is -0.365. The van der Waals surface area contributed by atoms with Crippen LogP contribution in [-0.4, -0.2) is 4.98 Å². The van der Waals surface area contributed by atoms with E-state index >= 15 is 0 Å². The molecule has 0 aliphatic rings. The fourth-order valence-corrected chi connectivity index (χ4v) is 2.05. The Kier molecular flexibility index (Phi) is 2.76. The molecule has 0 aliphatic carbocycles. The summed E-state index contributed by atoms with van der Waals surface area (Å²) < 4.78 is 13.3. The van der Waals surface area contributed by atoms with Crippen molar-refractivity contribution in [2.45, 2.75) is 0 Å². The number of fused-ring (bicyclic) bond motifs is 1. The molecule has 0 atom stereocenters. The van der Waals surface area contributed by atoms with Gasteiger partial charge in [0.15, 0.2) is 0 Å². The number of rotatable bonds is 2. The second-order valence-corrected chi connectivity index (χ2v) is 4.28. The molecule has 0 saturated heterocycles. The van der Waals surface area contributed by atoms with Crippen LogP contribution < -0.4 is 11.1 Å². The van der Waals surface area contributed by atoms with Crippen LogP contribution in [0.25, 0.3) is 10.9 Å². The Balaban J connectivity index is 2.05. The Morgan fingerprint density at radius 3 is 2.74 bits per heavy atom. The molecule has 0 fully saturated rings. The first kappa shape index (κ1) is 11.5. The molecule has 3 aromatic rings. The van der Waals surface area contributed by atoms with Gasteiger partial charge in [-0.15, -0.1) is 0 Å². The predicted molar refractivity (Wildman–Crippen MR) is 75.8 cm³/mol. The van der Waals surface area contributed by atoms with Gasteiger partial charge in [0.05, 0.1) is 11.2 Å². The van der Waals surface area contributed by atoms with E-state index in [1.54, 1.807) is 12.3 Å². The van der Waals surface area contributed by atoms with E-state index in [0.717, 1.165) is 16.6 Å². The van der Waals surface area contributed by atoms with Gasteiger partial charge in [0, 0.05) is 23.0 Å². The van der Waals surface area contributed by atoms with Gasteiger partial charge in [-0.05, 0) is 30.3 Å². The highest BCUT2D eigenvalue weighted by molar-refractivity contribution is 5.92. The van der Waals surface area contributed by atoms with Crippen LogP contribution in [-0.2, 0) is 0 Å². The van der Waals surface area contributed by atoms with Crippen molar-refractivity contribution in [3.8, 4) is 0 Å². The predicted octanol–water partition coefficient (Wildman–Crippen LogP) is 3.70. The summed E-state index contributed by atoms with van der Waals surface area (Å²) in [5.74, 6) is -0.365. The van der Waals surface area contributed by atoms with Crippen molar-refractivity contribution in [2.75, 3.05) is 11.1 Å². The number of anilines is 3. The van der Waals surface area contributed by atoms with E-state index in [2.05, 4.69) is 10.3 Å². The molecule has 94 valence electrons. The molecule has 1 aromatic heterocycles. The second kappa shape index (κ2) is 4.57. The summed E-state index contributed by atoms with van der Waals surface area (Å²) in [6, 6.07) is 14.0. The molecule has 4 heteroatoms. The van der Waals surface area contributed by atoms with Crippen molar-refractivity contribution < 1.29 is 4.39 Å². The van der Waals surface area contributed by atoms with Crippen molar-refractivity contribution in [1.82, 2.24) is 4.98 Å². The molecule has 3 N–H and O–H groups in total. The summed E-state index contributed by atoms with van der Waals surface area (Å²) >= 11 is 0. The SMILES string of the molecule is Nc1cc(F)cc(Nc2cccc3cccnc23)c1. The van der Waals surface area contributed by atoms with Crippen LogP contribution in [0.2, 0.25) is 0 Å². The van der Waals surface area contributed by atoms with Crippen molar-refractivity contribution in [3.05, 3.63) is 60.5 Å². The quantitative estimate of drug-likeness (QED) is 0.685. The summed E-state index contributed by atoms with van der Waals surface area (Å²) in [5.41, 5.74) is 8.28. The maximum Gasteiger partial charge on any atom is 0.127 e. The van der Waals surface area contributed by atoms with Crippen LogP contribution >= 0.6 is 0 Å². The van der Waals surface area contributed by atoms with E-state index in [1.807, 2.05) is 30.3 Å². The lowest BCUT2D eigenvalue weighted by atomic mass is 10.2. The van der Waals surface area contributed by atoms with Crippen LogP contribution in [0.1, 0.15) is 0 Å². The Morgan fingerprint density at radius 1 is 1.05 bits per heavy atom. The number of hydrogen-bond donors (Lipinski definition) is 2. The molecule has 0 bridgehead atoms. The maximum atomic E-state index is 13.3. The number of hydrogen-bond acceptors (Lipinski definition) is 3. The molecule has 0 radical (unpaired) electrons. The standard InChI is InChI=1S/C15H12FN3/c16-11-7-12(17)9-13(8-11)19-14-5-1-3-10-4-2-6-18-15(10)14/h1-9,19H,17H2. The summed E-state index contributed by atoms with van der Waals surface area (Å²) in [7, 11) is 0. The third kappa shape index (κ3) is 2.33. The molecule has 19 heavy (non-hydrogen) atoms. The number of nitrogens with one attached hydrogen (secondary N) is 1. The number of nitrogen functional groups attached to an aromatic ring is 1. The zero-order valence-electron chi connectivity index (χ0n) is 10.1. The van der Waals surface area contributed by atoms with Crippen molar-refractivity contribution in [1.29, 1.82) is 0 Å². The molecule has 0 amide bonds. The lowest BCUT2D eigenvalue weighted by Gasteiger charge is -2.09. The van der Waals surface area contributed by atoms with Crippen LogP contribution in [0.4, 0.5) is 21.5 Å². The number of benzene rings is 2. The molecule has 0 unspecified atom stereocenters. The van der Waals surface area contributed by atoms with Crippen LogP contribution in [0.15, 0.2) is 54.7 Å². The third-order valence-corrected chi connectivity index (χ3v) is 2.83. The van der Waals surface area contributed by atoms with Crippen molar-refractivity contribution >= 4 is 28.0 Å². The normalized spacial score (nSPS) is 10.6. The van der Waals surface area contributed by atoms with Crippen molar-refractivity contribution in [3.63, 3.8) is 0 Å². The number of nitrogens with zero attached hydrogens (tertiary/aromatic N) is 1. The fourth-order valence-electron chi connectivity index (χ4n) is 2.05. The topological polar surface area (TPSA) is 50.9 Å². The van der Waals surface area contributed by atoms with Crippen molar-refractivity contribution in [2.24, 2.45) is 0 Å². The molecule has 0 saturated carbocycles. The molecule has 3 rings (SSSR count). The van der Waals surface area contributed by atoms with Gasteiger partial charge in [0.2, 0.25) is 0 Å². The molecule has 0 spiro atoms. The molecule has 1 heterocycles. The Labute approximate surface area is 109 Å². The molecule has 2 aromatic carbocycles. The Bertz CT molecular complexity index is 715. The van der Waals surface area contributed by atoms with E-state index < -0.39 is 0 Å². The summed E-state index contributed by atoms with van der Waals surface area (Å²) in [6.45, 7) is 0. The average molecular weight is 253 g/mol. The average Bonchev–Trinajstić information content (AvgIpc) is 2.38. The Hall–Kier alpha value is -2.62. The molecular formula is C15H12FN3. The van der Waals surface area contributed by atoms with E-state index in [1.165, 1.54) is 12.1 Å². The van der Waals surface area contributed by atoms with Crippen LogP contribution in [0, 0.1) is 5.82 Å². The first-order valence-electron chi connectivity index (χ1n) is 5.89. The zero-order valence-corrected chi connectivity index (χ0v) is 10.1. The highest BCUT2D eigenvalue weighted by atomic mass is 19.1. The second-order valence-electron chi connectivity index (χ2n) is 4.28. The molecule has 0 aliphatic heterocycles. The van der Waals surface area contributed by atoms with Gasteiger partial charge in [0.1, 0.15) is 5.82 Å². The lowest BCUT2D eigenvalue weighted by molar-refractivity contribution is 0.629. The van der Waals surface area contributed by atoms with Gasteiger partial charge in [0.25, 0.3) is 0 Å². The van der Waals surface area contributed by atoms with E-state index in [0.29, 0.717) is 11.4 Å². The monoisotopic (exact) mass is 253 g/mol. The van der Waals surface area contributed by atoms with Gasteiger partial charge < -0.3 is 11.1 Å². The zero-order chi connectivity index (χ0) is 13.2. The Morgan fingerprint density at radius 2 is 1.89 bits per heavy atom. The number of para-hydroxylation sites is 1. The largest absolute Gasteiger partial charge is 0.399 e. The fraction of sp³-hybridized carbons (Fsp3) is 0. The van der Waals surface area contributed by atoms with Gasteiger partial charge in [-0.25, -0.2) is 4.39 Å². The van der Waals surface area contributed by atoms with E-state index in [-0.39, 0.29) is 5.82 Å². The van der Waals surface area contributed by atoms with Crippen LogP contribution in [0.5, 0.6) is 0 Å². The van der Waals surface area contributed by atoms with E-state index in [9.17, 15) is 4.39 Å². The van der Waals surface area contributed by atoms with E-state index in [4.69, 9.17) is 5.73 Å². The minimum Gasteiger partial charge on any atom is -0.399 e. The number of halogens is 1. The van der Waals surface area contributed by atoms with Gasteiger partial charge in [-0.3, -0.25) is 4.98 Å².